The van der Waals surface area contributed by atoms with Crippen molar-refractivity contribution in [3.63, 3.8) is 0 Å². The molecular formula is C23H20N2O5. The predicted molar refractivity (Wildman–Crippen MR) is 111 cm³/mol. The summed E-state index contributed by atoms with van der Waals surface area (Å²) in [5, 5.41) is 2.62. The molecular weight excluding hydrogens is 384 g/mol. The SMILES string of the molecule is CC(OC(=O)c1ccccc1Oc1ccccc1)C(=O)Nc1ccc(C(N)=O)cc1. The maximum absolute atomic E-state index is 12.6. The van der Waals surface area contributed by atoms with Crippen molar-refractivity contribution in [3.8, 4) is 11.5 Å². The average molecular weight is 404 g/mol. The molecule has 7 nitrogen and oxygen atoms in total. The Morgan fingerprint density at radius 2 is 1.50 bits per heavy atom. The standard InChI is InChI=1S/C23H20N2O5/c1-15(22(27)25-17-13-11-16(12-14-17)21(24)26)29-23(28)19-9-5-6-10-20(19)30-18-7-3-2-4-8-18/h2-15H,1H3,(H2,24,26)(H,25,27). The van der Waals surface area contributed by atoms with Gasteiger partial charge in [0.2, 0.25) is 5.91 Å². The molecule has 3 N–H and O–H groups in total. The van der Waals surface area contributed by atoms with Gasteiger partial charge in [0.15, 0.2) is 6.10 Å². The summed E-state index contributed by atoms with van der Waals surface area (Å²) in [4.78, 5) is 36.1. The quantitative estimate of drug-likeness (QED) is 0.583. The van der Waals surface area contributed by atoms with Crippen molar-refractivity contribution in [3.05, 3.63) is 90.0 Å². The first-order chi connectivity index (χ1) is 14.4. The van der Waals surface area contributed by atoms with E-state index in [9.17, 15) is 14.4 Å². The van der Waals surface area contributed by atoms with E-state index < -0.39 is 23.9 Å². The topological polar surface area (TPSA) is 108 Å². The number of esters is 1. The second kappa shape index (κ2) is 9.38. The third-order valence-corrected chi connectivity index (χ3v) is 4.17. The molecule has 0 fully saturated rings. The summed E-state index contributed by atoms with van der Waals surface area (Å²) in [6, 6.07) is 21.7. The number of nitrogens with one attached hydrogen (secondary N) is 1. The molecule has 152 valence electrons. The second-order valence-electron chi connectivity index (χ2n) is 6.39. The number of benzene rings is 3. The van der Waals surface area contributed by atoms with Gasteiger partial charge in [0.1, 0.15) is 17.1 Å². The van der Waals surface area contributed by atoms with Crippen molar-refractivity contribution in [1.29, 1.82) is 0 Å². The molecule has 3 rings (SSSR count). The van der Waals surface area contributed by atoms with Crippen LogP contribution in [0.5, 0.6) is 11.5 Å². The molecule has 0 saturated heterocycles. The smallest absolute Gasteiger partial charge is 0.342 e. The lowest BCUT2D eigenvalue weighted by Crippen LogP contribution is -2.30. The highest BCUT2D eigenvalue weighted by atomic mass is 16.5. The Morgan fingerprint density at radius 3 is 2.17 bits per heavy atom. The molecule has 0 aliphatic rings. The minimum atomic E-state index is -1.06. The van der Waals surface area contributed by atoms with Gasteiger partial charge in [0.25, 0.3) is 5.91 Å². The van der Waals surface area contributed by atoms with Crippen molar-refractivity contribution in [1.82, 2.24) is 0 Å². The molecule has 7 heteroatoms. The zero-order valence-electron chi connectivity index (χ0n) is 16.2. The summed E-state index contributed by atoms with van der Waals surface area (Å²) in [6.07, 6.45) is -1.06. The molecule has 0 saturated carbocycles. The third kappa shape index (κ3) is 5.23. The van der Waals surface area contributed by atoms with Crippen LogP contribution in [0.2, 0.25) is 0 Å². The number of amides is 2. The van der Waals surface area contributed by atoms with Crippen LogP contribution in [0.15, 0.2) is 78.9 Å². The molecule has 0 heterocycles. The largest absolute Gasteiger partial charge is 0.456 e. The highest BCUT2D eigenvalue weighted by Crippen LogP contribution is 2.26. The number of hydrogen-bond donors (Lipinski definition) is 2. The molecule has 1 atom stereocenters. The predicted octanol–water partition coefficient (Wildman–Crippen LogP) is 3.76. The van der Waals surface area contributed by atoms with E-state index in [4.69, 9.17) is 15.2 Å². The van der Waals surface area contributed by atoms with Gasteiger partial charge in [-0.1, -0.05) is 30.3 Å². The molecule has 30 heavy (non-hydrogen) atoms. The first kappa shape index (κ1) is 20.6. The molecule has 0 bridgehead atoms. The van der Waals surface area contributed by atoms with Crippen LogP contribution in [0.1, 0.15) is 27.6 Å². The lowest BCUT2D eigenvalue weighted by atomic mass is 10.2. The third-order valence-electron chi connectivity index (χ3n) is 4.17. The van der Waals surface area contributed by atoms with Crippen LogP contribution in [-0.2, 0) is 9.53 Å². The number of carbonyl (C=O) groups is 3. The van der Waals surface area contributed by atoms with Crippen molar-refractivity contribution < 1.29 is 23.9 Å². The monoisotopic (exact) mass is 404 g/mol. The Bertz CT molecular complexity index is 1050. The van der Waals surface area contributed by atoms with Crippen molar-refractivity contribution >= 4 is 23.5 Å². The number of hydrogen-bond acceptors (Lipinski definition) is 5. The van der Waals surface area contributed by atoms with E-state index in [1.807, 2.05) is 18.2 Å². The van der Waals surface area contributed by atoms with Gasteiger partial charge in [-0.25, -0.2) is 4.79 Å². The zero-order valence-corrected chi connectivity index (χ0v) is 16.2. The summed E-state index contributed by atoms with van der Waals surface area (Å²) >= 11 is 0. The van der Waals surface area contributed by atoms with Gasteiger partial charge in [0, 0.05) is 11.3 Å². The number of nitrogens with two attached hydrogens (primary N) is 1. The number of rotatable bonds is 7. The molecule has 3 aromatic rings. The van der Waals surface area contributed by atoms with E-state index in [0.29, 0.717) is 22.7 Å². The van der Waals surface area contributed by atoms with Gasteiger partial charge < -0.3 is 20.5 Å². The number of anilines is 1. The van der Waals surface area contributed by atoms with E-state index in [-0.39, 0.29) is 5.56 Å². The minimum Gasteiger partial charge on any atom is -0.456 e. The van der Waals surface area contributed by atoms with Gasteiger partial charge in [-0.3, -0.25) is 9.59 Å². The minimum absolute atomic E-state index is 0.201. The van der Waals surface area contributed by atoms with Crippen LogP contribution in [0.4, 0.5) is 5.69 Å². The van der Waals surface area contributed by atoms with Crippen molar-refractivity contribution in [2.45, 2.75) is 13.0 Å². The van der Waals surface area contributed by atoms with Gasteiger partial charge >= 0.3 is 5.97 Å². The Morgan fingerprint density at radius 1 is 0.867 bits per heavy atom. The Kier molecular flexibility index (Phi) is 6.44. The molecule has 0 aliphatic carbocycles. The van der Waals surface area contributed by atoms with Gasteiger partial charge in [-0.15, -0.1) is 0 Å². The van der Waals surface area contributed by atoms with Crippen LogP contribution in [0.25, 0.3) is 0 Å². The molecule has 3 aromatic carbocycles. The Labute approximate surface area is 173 Å². The molecule has 0 radical (unpaired) electrons. The van der Waals surface area contributed by atoms with Crippen molar-refractivity contribution in [2.24, 2.45) is 5.73 Å². The lowest BCUT2D eigenvalue weighted by Gasteiger charge is -2.15. The van der Waals surface area contributed by atoms with E-state index >= 15 is 0 Å². The van der Waals surface area contributed by atoms with Gasteiger partial charge in [0.05, 0.1) is 0 Å². The molecule has 1 unspecified atom stereocenters. The maximum Gasteiger partial charge on any atom is 0.342 e. The summed E-state index contributed by atoms with van der Waals surface area (Å²) in [5.41, 5.74) is 6.16. The van der Waals surface area contributed by atoms with Crippen LogP contribution in [0.3, 0.4) is 0 Å². The number of primary amides is 1. The number of carbonyl (C=O) groups excluding carboxylic acids is 3. The van der Waals surface area contributed by atoms with E-state index in [1.54, 1.807) is 36.4 Å². The first-order valence-corrected chi connectivity index (χ1v) is 9.17. The maximum atomic E-state index is 12.6. The van der Waals surface area contributed by atoms with E-state index in [1.165, 1.54) is 31.2 Å². The van der Waals surface area contributed by atoms with Crippen LogP contribution < -0.4 is 15.8 Å². The van der Waals surface area contributed by atoms with Crippen molar-refractivity contribution in [2.75, 3.05) is 5.32 Å². The van der Waals surface area contributed by atoms with E-state index in [0.717, 1.165) is 0 Å². The first-order valence-electron chi connectivity index (χ1n) is 9.17. The van der Waals surface area contributed by atoms with Crippen LogP contribution in [0, 0.1) is 0 Å². The summed E-state index contributed by atoms with van der Waals surface area (Å²) in [6.45, 7) is 1.46. The van der Waals surface area contributed by atoms with Gasteiger partial charge in [-0.2, -0.15) is 0 Å². The summed E-state index contributed by atoms with van der Waals surface area (Å²) in [5.74, 6) is -0.872. The Hall–Kier alpha value is -4.13. The summed E-state index contributed by atoms with van der Waals surface area (Å²) in [7, 11) is 0. The number of ether oxygens (including phenoxy) is 2. The molecule has 0 spiro atoms. The average Bonchev–Trinajstić information content (AvgIpc) is 2.75. The van der Waals surface area contributed by atoms with E-state index in [2.05, 4.69) is 5.32 Å². The summed E-state index contributed by atoms with van der Waals surface area (Å²) < 4.78 is 11.1. The fourth-order valence-corrected chi connectivity index (χ4v) is 2.58. The number of para-hydroxylation sites is 2. The Balaban J connectivity index is 1.65. The second-order valence-corrected chi connectivity index (χ2v) is 6.39. The molecule has 0 aromatic heterocycles. The zero-order chi connectivity index (χ0) is 21.5. The fourth-order valence-electron chi connectivity index (χ4n) is 2.58. The molecule has 2 amide bonds. The van der Waals surface area contributed by atoms with Crippen LogP contribution in [-0.4, -0.2) is 23.9 Å². The highest BCUT2D eigenvalue weighted by Gasteiger charge is 2.21. The highest BCUT2D eigenvalue weighted by molar-refractivity contribution is 5.99. The van der Waals surface area contributed by atoms with Gasteiger partial charge in [-0.05, 0) is 55.5 Å². The normalized spacial score (nSPS) is 11.2. The molecule has 0 aliphatic heterocycles. The lowest BCUT2D eigenvalue weighted by molar-refractivity contribution is -0.123. The van der Waals surface area contributed by atoms with Crippen LogP contribution >= 0.6 is 0 Å². The fraction of sp³-hybridized carbons (Fsp3) is 0.0870.